The van der Waals surface area contributed by atoms with E-state index in [-0.39, 0.29) is 0 Å². The normalized spacial score (nSPS) is 33.2. The highest BCUT2D eigenvalue weighted by Crippen LogP contribution is 2.33. The highest BCUT2D eigenvalue weighted by molar-refractivity contribution is 5.32. The van der Waals surface area contributed by atoms with Gasteiger partial charge in [0.15, 0.2) is 0 Å². The molecule has 2 aliphatic heterocycles. The minimum absolute atomic E-state index is 0.781. The third-order valence-corrected chi connectivity index (χ3v) is 5.95. The van der Waals surface area contributed by atoms with Crippen LogP contribution in [0, 0.1) is 5.92 Å². The van der Waals surface area contributed by atoms with Gasteiger partial charge in [-0.15, -0.1) is 0 Å². The molecular formula is C19H28N2. The van der Waals surface area contributed by atoms with Gasteiger partial charge in [-0.2, -0.15) is 0 Å². The lowest BCUT2D eigenvalue weighted by Crippen LogP contribution is -2.52. The average Bonchev–Trinajstić information content (AvgIpc) is 2.55. The molecule has 3 aliphatic rings. The molecule has 3 atom stereocenters. The van der Waals surface area contributed by atoms with Crippen LogP contribution in [0.25, 0.3) is 0 Å². The molecule has 0 bridgehead atoms. The summed E-state index contributed by atoms with van der Waals surface area (Å²) in [6.07, 6.45) is 8.24. The van der Waals surface area contributed by atoms with Crippen LogP contribution in [0.4, 0.5) is 0 Å². The molecule has 2 saturated heterocycles. The number of fused-ring (bicyclic) bond motifs is 2. The molecule has 1 aromatic rings. The van der Waals surface area contributed by atoms with E-state index in [4.69, 9.17) is 0 Å². The van der Waals surface area contributed by atoms with Crippen molar-refractivity contribution in [2.75, 3.05) is 26.2 Å². The van der Waals surface area contributed by atoms with Crippen molar-refractivity contribution in [3.05, 3.63) is 35.4 Å². The summed E-state index contributed by atoms with van der Waals surface area (Å²) in [6, 6.07) is 9.98. The van der Waals surface area contributed by atoms with E-state index in [2.05, 4.69) is 34.5 Å². The van der Waals surface area contributed by atoms with Crippen LogP contribution in [0.2, 0.25) is 0 Å². The van der Waals surface area contributed by atoms with E-state index in [1.54, 1.807) is 11.1 Å². The van der Waals surface area contributed by atoms with Gasteiger partial charge in [0.1, 0.15) is 0 Å². The van der Waals surface area contributed by atoms with Crippen molar-refractivity contribution < 1.29 is 0 Å². The van der Waals surface area contributed by atoms with Crippen LogP contribution in [0.5, 0.6) is 0 Å². The monoisotopic (exact) mass is 284 g/mol. The number of benzene rings is 1. The molecule has 0 amide bonds. The summed E-state index contributed by atoms with van der Waals surface area (Å²) in [6.45, 7) is 5.17. The molecule has 0 spiro atoms. The Kier molecular flexibility index (Phi) is 4.00. The van der Waals surface area contributed by atoms with Crippen LogP contribution < -0.4 is 5.32 Å². The van der Waals surface area contributed by atoms with Gasteiger partial charge < -0.3 is 10.2 Å². The largest absolute Gasteiger partial charge is 0.314 e. The smallest absolute Gasteiger partial charge is 0.0120 e. The minimum atomic E-state index is 0.781. The number of rotatable bonds is 2. The number of piperidine rings is 2. The highest BCUT2D eigenvalue weighted by atomic mass is 15.2. The van der Waals surface area contributed by atoms with Crippen LogP contribution >= 0.6 is 0 Å². The number of aryl methyl sites for hydroxylation is 1. The fourth-order valence-corrected chi connectivity index (χ4v) is 4.84. The van der Waals surface area contributed by atoms with Gasteiger partial charge in [0.05, 0.1) is 0 Å². The zero-order valence-electron chi connectivity index (χ0n) is 13.1. The van der Waals surface area contributed by atoms with Gasteiger partial charge in [-0.3, -0.25) is 0 Å². The molecule has 2 heteroatoms. The van der Waals surface area contributed by atoms with E-state index in [1.807, 2.05) is 0 Å². The summed E-state index contributed by atoms with van der Waals surface area (Å²) in [5, 5.41) is 3.73. The third kappa shape index (κ3) is 2.89. The maximum atomic E-state index is 3.73. The quantitative estimate of drug-likeness (QED) is 0.897. The maximum absolute atomic E-state index is 3.73. The Balaban J connectivity index is 1.43. The average molecular weight is 284 g/mol. The zero-order valence-corrected chi connectivity index (χ0v) is 13.1. The Hall–Kier alpha value is -0.860. The summed E-state index contributed by atoms with van der Waals surface area (Å²) in [5.74, 6) is 1.69. The summed E-state index contributed by atoms with van der Waals surface area (Å²) in [5.41, 5.74) is 3.26. The van der Waals surface area contributed by atoms with E-state index in [0.717, 1.165) is 17.9 Å². The van der Waals surface area contributed by atoms with Gasteiger partial charge in [0.2, 0.25) is 0 Å². The van der Waals surface area contributed by atoms with Crippen LogP contribution in [0.1, 0.15) is 49.1 Å². The molecule has 2 heterocycles. The Morgan fingerprint density at radius 3 is 3.05 bits per heavy atom. The topological polar surface area (TPSA) is 15.3 Å². The lowest BCUT2D eigenvalue weighted by atomic mass is 9.81. The van der Waals surface area contributed by atoms with E-state index < -0.39 is 0 Å². The van der Waals surface area contributed by atoms with Gasteiger partial charge >= 0.3 is 0 Å². The summed E-state index contributed by atoms with van der Waals surface area (Å²) < 4.78 is 0. The first-order chi connectivity index (χ1) is 10.4. The molecule has 0 radical (unpaired) electrons. The van der Waals surface area contributed by atoms with Crippen molar-refractivity contribution in [3.63, 3.8) is 0 Å². The lowest BCUT2D eigenvalue weighted by molar-refractivity contribution is 0.107. The minimum Gasteiger partial charge on any atom is -0.314 e. The number of hydrogen-bond donors (Lipinski definition) is 1. The second-order valence-electron chi connectivity index (χ2n) is 7.30. The molecule has 114 valence electrons. The van der Waals surface area contributed by atoms with E-state index in [1.165, 1.54) is 64.7 Å². The predicted molar refractivity (Wildman–Crippen MR) is 87.7 cm³/mol. The molecule has 1 aliphatic carbocycles. The molecule has 0 aromatic heterocycles. The van der Waals surface area contributed by atoms with Crippen LogP contribution in [0.15, 0.2) is 24.3 Å². The Labute approximate surface area is 128 Å². The first-order valence-corrected chi connectivity index (χ1v) is 8.94. The number of likely N-dealkylation sites (tertiary alicyclic amines) is 1. The fraction of sp³-hybridized carbons (Fsp3) is 0.684. The van der Waals surface area contributed by atoms with Crippen molar-refractivity contribution in [2.24, 2.45) is 5.92 Å². The Bertz CT molecular complexity index is 484. The molecule has 1 aromatic carbocycles. The second kappa shape index (κ2) is 6.10. The molecular weight excluding hydrogens is 256 g/mol. The Morgan fingerprint density at radius 2 is 2.05 bits per heavy atom. The molecule has 3 unspecified atom stereocenters. The lowest BCUT2D eigenvalue weighted by Gasteiger charge is -2.43. The number of nitrogens with one attached hydrogen (secondary N) is 1. The van der Waals surface area contributed by atoms with Crippen LogP contribution in [-0.4, -0.2) is 37.1 Å². The van der Waals surface area contributed by atoms with Crippen molar-refractivity contribution in [2.45, 2.75) is 50.5 Å². The van der Waals surface area contributed by atoms with Crippen molar-refractivity contribution in [3.8, 4) is 0 Å². The second-order valence-corrected chi connectivity index (χ2v) is 7.30. The summed E-state index contributed by atoms with van der Waals surface area (Å²) in [7, 11) is 0. The highest BCUT2D eigenvalue weighted by Gasteiger charge is 2.32. The van der Waals surface area contributed by atoms with E-state index in [9.17, 15) is 0 Å². The number of nitrogens with zero attached hydrogens (tertiary/aromatic N) is 1. The van der Waals surface area contributed by atoms with Crippen molar-refractivity contribution >= 4 is 0 Å². The Morgan fingerprint density at radius 1 is 1.10 bits per heavy atom. The van der Waals surface area contributed by atoms with Gasteiger partial charge in [0, 0.05) is 19.1 Å². The van der Waals surface area contributed by atoms with Gasteiger partial charge in [-0.05, 0) is 74.6 Å². The predicted octanol–water partition coefficient (Wildman–Crippen LogP) is 3.18. The van der Waals surface area contributed by atoms with Gasteiger partial charge in [0.25, 0.3) is 0 Å². The van der Waals surface area contributed by atoms with E-state index in [0.29, 0.717) is 0 Å². The van der Waals surface area contributed by atoms with Gasteiger partial charge in [-0.1, -0.05) is 24.3 Å². The van der Waals surface area contributed by atoms with Gasteiger partial charge in [-0.25, -0.2) is 0 Å². The van der Waals surface area contributed by atoms with Crippen LogP contribution in [-0.2, 0) is 6.42 Å². The molecule has 4 rings (SSSR count). The number of hydrogen-bond acceptors (Lipinski definition) is 2. The molecule has 0 saturated carbocycles. The van der Waals surface area contributed by atoms with E-state index >= 15 is 0 Å². The maximum Gasteiger partial charge on any atom is 0.0120 e. The first-order valence-electron chi connectivity index (χ1n) is 8.94. The molecule has 1 N–H and O–H groups in total. The summed E-state index contributed by atoms with van der Waals surface area (Å²) in [4.78, 5) is 2.76. The fourth-order valence-electron chi connectivity index (χ4n) is 4.84. The van der Waals surface area contributed by atoms with Crippen LogP contribution in [0.3, 0.4) is 0 Å². The summed E-state index contributed by atoms with van der Waals surface area (Å²) >= 11 is 0. The molecule has 21 heavy (non-hydrogen) atoms. The standard InChI is InChI=1S/C19H28N2/c1-2-9-18-15(5-1)6-3-7-16(18)13-21-12-10-19-17(14-21)8-4-11-20-19/h1-2,5,9,16-17,19-20H,3-4,6-8,10-14H2. The van der Waals surface area contributed by atoms with Crippen molar-refractivity contribution in [1.29, 1.82) is 0 Å². The third-order valence-electron chi connectivity index (χ3n) is 5.95. The zero-order chi connectivity index (χ0) is 14.1. The molecule has 2 nitrogen and oxygen atoms in total. The first kappa shape index (κ1) is 13.8. The van der Waals surface area contributed by atoms with Crippen molar-refractivity contribution in [1.82, 2.24) is 10.2 Å². The SMILES string of the molecule is c1ccc2c(c1)CCCC2CN1CCC2NCCCC2C1. The molecule has 2 fully saturated rings.